The first-order valence-electron chi connectivity index (χ1n) is 18.9. The molecular weight excluding hydrogens is 683 g/mol. The molecule has 0 N–H and O–H groups in total. The number of hydrogen-bond acceptors (Lipinski definition) is 2. The van der Waals surface area contributed by atoms with Crippen molar-refractivity contribution in [2.75, 3.05) is 4.90 Å². The molecule has 55 heavy (non-hydrogen) atoms. The van der Waals surface area contributed by atoms with Crippen molar-refractivity contribution in [3.8, 4) is 22.3 Å². The van der Waals surface area contributed by atoms with Gasteiger partial charge in [-0.25, -0.2) is 0 Å². The average molecular weight is 718 g/mol. The summed E-state index contributed by atoms with van der Waals surface area (Å²) in [5.74, 6) is 0. The Morgan fingerprint density at radius 3 is 1.64 bits per heavy atom. The summed E-state index contributed by atoms with van der Waals surface area (Å²) in [5.41, 5.74) is 13.1. The molecule has 0 bridgehead atoms. The molecule has 0 amide bonds. The van der Waals surface area contributed by atoms with Crippen LogP contribution < -0.4 is 4.90 Å². The van der Waals surface area contributed by atoms with Crippen LogP contribution in [0.25, 0.3) is 53.2 Å². The molecule has 0 fully saturated rings. The average Bonchev–Trinajstić information content (AvgIpc) is 3.78. The Morgan fingerprint density at radius 2 is 0.891 bits per heavy atom. The van der Waals surface area contributed by atoms with Gasteiger partial charge in [-0.15, -0.1) is 11.3 Å². The summed E-state index contributed by atoms with van der Waals surface area (Å²) in [4.78, 5) is 2.41. The van der Waals surface area contributed by atoms with Crippen LogP contribution in [0.15, 0.2) is 212 Å². The van der Waals surface area contributed by atoms with E-state index in [2.05, 4.69) is 217 Å². The Balaban J connectivity index is 1.07. The highest BCUT2D eigenvalue weighted by atomic mass is 32.1. The molecule has 258 valence electrons. The minimum Gasteiger partial charge on any atom is -0.310 e. The fraction of sp³-hybridized carbons (Fsp3) is 0.0189. The van der Waals surface area contributed by atoms with Gasteiger partial charge < -0.3 is 4.90 Å². The van der Waals surface area contributed by atoms with Crippen LogP contribution >= 0.6 is 11.3 Å². The van der Waals surface area contributed by atoms with Crippen molar-refractivity contribution >= 4 is 59.3 Å². The van der Waals surface area contributed by atoms with E-state index in [-0.39, 0.29) is 0 Å². The number of hydrogen-bond donors (Lipinski definition) is 0. The summed E-state index contributed by atoms with van der Waals surface area (Å²) in [5, 5.41) is 5.10. The Labute approximate surface area is 325 Å². The largest absolute Gasteiger partial charge is 0.310 e. The number of anilines is 3. The molecule has 1 aromatic heterocycles. The molecule has 1 nitrogen and oxygen atoms in total. The molecule has 2 heteroatoms. The van der Waals surface area contributed by atoms with Crippen LogP contribution in [0.3, 0.4) is 0 Å². The zero-order valence-corrected chi connectivity index (χ0v) is 30.9. The van der Waals surface area contributed by atoms with Gasteiger partial charge >= 0.3 is 0 Å². The zero-order chi connectivity index (χ0) is 36.3. The molecule has 0 saturated carbocycles. The molecule has 1 aliphatic carbocycles. The standard InChI is InChI=1S/C53H35NS/c1-2-14-40(15-3-1)53(49-19-9-6-16-45(49)46-17-7-10-20-50(46)53)41-26-30-43(31-27-41)54(44-32-33-52-48(35-44)47-18-8-11-21-51(47)55-52)42-28-24-37(25-29-42)39-23-22-36-12-4-5-13-38(36)34-39/h1-35H. The fourth-order valence-electron chi connectivity index (χ4n) is 9.04. The summed E-state index contributed by atoms with van der Waals surface area (Å²) in [6.45, 7) is 0. The Kier molecular flexibility index (Phi) is 7.33. The lowest BCUT2D eigenvalue weighted by molar-refractivity contribution is 0.768. The fourth-order valence-corrected chi connectivity index (χ4v) is 10.1. The predicted octanol–water partition coefficient (Wildman–Crippen LogP) is 14.7. The van der Waals surface area contributed by atoms with E-state index in [1.807, 2.05) is 11.3 Å². The number of benzene rings is 9. The normalized spacial score (nSPS) is 12.9. The van der Waals surface area contributed by atoms with Gasteiger partial charge in [-0.3, -0.25) is 0 Å². The lowest BCUT2D eigenvalue weighted by atomic mass is 9.68. The summed E-state index contributed by atoms with van der Waals surface area (Å²) in [6.07, 6.45) is 0. The summed E-state index contributed by atoms with van der Waals surface area (Å²) < 4.78 is 2.61. The Morgan fingerprint density at radius 1 is 0.345 bits per heavy atom. The topological polar surface area (TPSA) is 3.24 Å². The van der Waals surface area contributed by atoms with E-state index in [1.165, 1.54) is 75.5 Å². The van der Waals surface area contributed by atoms with Gasteiger partial charge in [0.1, 0.15) is 0 Å². The van der Waals surface area contributed by atoms with Crippen LogP contribution in [-0.4, -0.2) is 0 Å². The molecule has 11 rings (SSSR count). The van der Waals surface area contributed by atoms with Crippen molar-refractivity contribution < 1.29 is 0 Å². The van der Waals surface area contributed by atoms with E-state index < -0.39 is 5.41 Å². The highest BCUT2D eigenvalue weighted by molar-refractivity contribution is 7.25. The highest BCUT2D eigenvalue weighted by Crippen LogP contribution is 2.56. The van der Waals surface area contributed by atoms with Gasteiger partial charge in [0.05, 0.1) is 5.41 Å². The second-order valence-corrected chi connectivity index (χ2v) is 15.6. The SMILES string of the molecule is c1ccc(C2(c3ccc(N(c4ccc(-c5ccc6ccccc6c5)cc4)c4ccc5sc6ccccc6c5c4)cc3)c3ccccc3-c3ccccc32)cc1. The maximum Gasteiger partial charge on any atom is 0.0713 e. The third-order valence-corrected chi connectivity index (χ3v) is 12.7. The van der Waals surface area contributed by atoms with E-state index in [9.17, 15) is 0 Å². The molecule has 0 spiro atoms. The van der Waals surface area contributed by atoms with Gasteiger partial charge in [-0.2, -0.15) is 0 Å². The molecule has 0 aliphatic heterocycles. The molecule has 9 aromatic carbocycles. The molecule has 0 atom stereocenters. The van der Waals surface area contributed by atoms with E-state index in [1.54, 1.807) is 0 Å². The summed E-state index contributed by atoms with van der Waals surface area (Å²) in [6, 6.07) is 78.3. The van der Waals surface area contributed by atoms with Crippen LogP contribution in [0, 0.1) is 0 Å². The van der Waals surface area contributed by atoms with Gasteiger partial charge in [0, 0.05) is 37.2 Å². The van der Waals surface area contributed by atoms with E-state index in [0.717, 1.165) is 17.1 Å². The third kappa shape index (κ3) is 4.99. The lowest BCUT2D eigenvalue weighted by Crippen LogP contribution is -2.28. The summed E-state index contributed by atoms with van der Waals surface area (Å²) in [7, 11) is 0. The van der Waals surface area contributed by atoms with Crippen molar-refractivity contribution in [1.29, 1.82) is 0 Å². The number of thiophene rings is 1. The van der Waals surface area contributed by atoms with Crippen molar-refractivity contribution in [3.63, 3.8) is 0 Å². The maximum atomic E-state index is 2.41. The van der Waals surface area contributed by atoms with Crippen molar-refractivity contribution in [2.24, 2.45) is 0 Å². The van der Waals surface area contributed by atoms with Gasteiger partial charge in [-0.05, 0) is 110 Å². The Hall–Kier alpha value is -6.74. The third-order valence-electron chi connectivity index (χ3n) is 11.5. The Bertz CT molecular complexity index is 2980. The van der Waals surface area contributed by atoms with Crippen LogP contribution in [-0.2, 0) is 5.41 Å². The second kappa shape index (κ2) is 12.7. The lowest BCUT2D eigenvalue weighted by Gasteiger charge is -2.34. The van der Waals surface area contributed by atoms with E-state index >= 15 is 0 Å². The highest BCUT2D eigenvalue weighted by Gasteiger charge is 2.45. The molecular formula is C53H35NS. The van der Waals surface area contributed by atoms with Gasteiger partial charge in [-0.1, -0.05) is 158 Å². The molecule has 0 saturated heterocycles. The summed E-state index contributed by atoms with van der Waals surface area (Å²) >= 11 is 1.86. The second-order valence-electron chi connectivity index (χ2n) is 14.5. The quantitative estimate of drug-likeness (QED) is 0.166. The predicted molar refractivity (Wildman–Crippen MR) is 234 cm³/mol. The van der Waals surface area contributed by atoms with E-state index in [4.69, 9.17) is 0 Å². The number of fused-ring (bicyclic) bond motifs is 7. The molecule has 0 unspecified atom stereocenters. The minimum absolute atomic E-state index is 0.437. The van der Waals surface area contributed by atoms with Crippen molar-refractivity contribution in [2.45, 2.75) is 5.41 Å². The maximum absolute atomic E-state index is 2.41. The number of nitrogens with zero attached hydrogens (tertiary/aromatic N) is 1. The first-order chi connectivity index (χ1) is 27.3. The molecule has 0 radical (unpaired) electrons. The molecule has 1 aliphatic rings. The molecule has 1 heterocycles. The first kappa shape index (κ1) is 31.8. The van der Waals surface area contributed by atoms with Crippen LogP contribution in [0.4, 0.5) is 17.1 Å². The van der Waals surface area contributed by atoms with Crippen LogP contribution in [0.2, 0.25) is 0 Å². The minimum atomic E-state index is -0.437. The molecule has 10 aromatic rings. The van der Waals surface area contributed by atoms with Gasteiger partial charge in [0.2, 0.25) is 0 Å². The van der Waals surface area contributed by atoms with Gasteiger partial charge in [0.15, 0.2) is 0 Å². The van der Waals surface area contributed by atoms with Gasteiger partial charge in [0.25, 0.3) is 0 Å². The van der Waals surface area contributed by atoms with E-state index in [0.29, 0.717) is 0 Å². The smallest absolute Gasteiger partial charge is 0.0713 e. The number of rotatable bonds is 6. The first-order valence-corrected chi connectivity index (χ1v) is 19.7. The van der Waals surface area contributed by atoms with Crippen molar-refractivity contribution in [1.82, 2.24) is 0 Å². The van der Waals surface area contributed by atoms with Crippen LogP contribution in [0.1, 0.15) is 22.3 Å². The zero-order valence-electron chi connectivity index (χ0n) is 30.1. The van der Waals surface area contributed by atoms with Crippen LogP contribution in [0.5, 0.6) is 0 Å². The monoisotopic (exact) mass is 717 g/mol. The van der Waals surface area contributed by atoms with Crippen molar-refractivity contribution in [3.05, 3.63) is 235 Å².